The van der Waals surface area contributed by atoms with Crippen LogP contribution in [0.15, 0.2) is 54.3 Å². The number of carbonyl (C=O) groups excluding carboxylic acids is 1. The highest BCUT2D eigenvalue weighted by atomic mass is 79.9. The molecule has 0 saturated heterocycles. The number of rotatable bonds is 5. The fraction of sp³-hybridized carbons (Fsp3) is 0.188. The van der Waals surface area contributed by atoms with Crippen molar-refractivity contribution in [2.45, 2.75) is 6.92 Å². The molecule has 4 heteroatoms. The Kier molecular flexibility index (Phi) is 5.18. The number of hydrogen-bond acceptors (Lipinski definition) is 3. The van der Waals surface area contributed by atoms with E-state index in [9.17, 15) is 4.79 Å². The van der Waals surface area contributed by atoms with Gasteiger partial charge in [-0.3, -0.25) is 0 Å². The van der Waals surface area contributed by atoms with Gasteiger partial charge in [0.25, 0.3) is 0 Å². The highest BCUT2D eigenvalue weighted by molar-refractivity contribution is 9.09. The molecule has 0 atom stereocenters. The van der Waals surface area contributed by atoms with Crippen LogP contribution in [0.5, 0.6) is 5.75 Å². The molecule has 0 bridgehead atoms. The number of esters is 1. The summed E-state index contributed by atoms with van der Waals surface area (Å²) in [6, 6.07) is 13.8. The van der Waals surface area contributed by atoms with Crippen LogP contribution in [0.25, 0.3) is 10.8 Å². The van der Waals surface area contributed by atoms with Crippen LogP contribution >= 0.6 is 15.9 Å². The normalized spacial score (nSPS) is 11.4. The first-order chi connectivity index (χ1) is 9.74. The summed E-state index contributed by atoms with van der Waals surface area (Å²) in [4.78, 5) is 11.5. The van der Waals surface area contributed by atoms with Crippen LogP contribution in [-0.2, 0) is 9.53 Å². The molecule has 2 aromatic carbocycles. The number of ether oxygens (including phenoxy) is 2. The maximum Gasteiger partial charge on any atom is 0.334 e. The van der Waals surface area contributed by atoms with Gasteiger partial charge in [0, 0.05) is 5.39 Å². The maximum atomic E-state index is 11.5. The Morgan fingerprint density at radius 1 is 1.20 bits per heavy atom. The monoisotopic (exact) mass is 334 g/mol. The fourth-order valence-corrected chi connectivity index (χ4v) is 2.11. The second-order valence-electron chi connectivity index (χ2n) is 4.08. The van der Waals surface area contributed by atoms with E-state index in [-0.39, 0.29) is 0 Å². The summed E-state index contributed by atoms with van der Waals surface area (Å²) in [6.07, 6.45) is 1.36. The van der Waals surface area contributed by atoms with E-state index in [1.165, 1.54) is 6.08 Å². The number of allylic oxidation sites excluding steroid dienone is 1. The summed E-state index contributed by atoms with van der Waals surface area (Å²) in [7, 11) is 0. The molecule has 0 spiro atoms. The highest BCUT2D eigenvalue weighted by Gasteiger charge is 2.07. The van der Waals surface area contributed by atoms with Gasteiger partial charge in [0.1, 0.15) is 11.5 Å². The number of alkyl halides is 1. The minimum atomic E-state index is -0.401. The van der Waals surface area contributed by atoms with Crippen molar-refractivity contribution in [2.75, 3.05) is 11.9 Å². The maximum absolute atomic E-state index is 11.5. The molecule has 0 aliphatic carbocycles. The third-order valence-electron chi connectivity index (χ3n) is 2.69. The first-order valence-electron chi connectivity index (χ1n) is 6.33. The van der Waals surface area contributed by atoms with Gasteiger partial charge in [0.15, 0.2) is 0 Å². The zero-order valence-corrected chi connectivity index (χ0v) is 12.7. The van der Waals surface area contributed by atoms with Crippen molar-refractivity contribution in [1.82, 2.24) is 0 Å². The van der Waals surface area contributed by atoms with E-state index < -0.39 is 5.97 Å². The quantitative estimate of drug-likeness (QED) is 0.358. The van der Waals surface area contributed by atoms with E-state index >= 15 is 0 Å². The van der Waals surface area contributed by atoms with Gasteiger partial charge in [-0.2, -0.15) is 0 Å². The first-order valence-corrected chi connectivity index (χ1v) is 7.45. The van der Waals surface area contributed by atoms with Crippen LogP contribution in [-0.4, -0.2) is 17.9 Å². The van der Waals surface area contributed by atoms with Crippen molar-refractivity contribution >= 4 is 32.7 Å². The largest absolute Gasteiger partial charge is 0.463 e. The number of hydrogen-bond donors (Lipinski definition) is 0. The lowest BCUT2D eigenvalue weighted by Gasteiger charge is -2.10. The lowest BCUT2D eigenvalue weighted by molar-refractivity contribution is -0.137. The average Bonchev–Trinajstić information content (AvgIpc) is 2.47. The van der Waals surface area contributed by atoms with E-state index in [4.69, 9.17) is 9.47 Å². The van der Waals surface area contributed by atoms with Crippen LogP contribution in [0.4, 0.5) is 0 Å². The predicted molar refractivity (Wildman–Crippen MR) is 83.1 cm³/mol. The summed E-state index contributed by atoms with van der Waals surface area (Å²) in [5.74, 6) is 0.833. The minimum absolute atomic E-state index is 0.346. The molecule has 0 amide bonds. The van der Waals surface area contributed by atoms with Gasteiger partial charge in [-0.15, -0.1) is 0 Å². The fourth-order valence-electron chi connectivity index (χ4n) is 1.84. The van der Waals surface area contributed by atoms with Crippen LogP contribution in [0.2, 0.25) is 0 Å². The van der Waals surface area contributed by atoms with Crippen LogP contribution in [0.1, 0.15) is 6.92 Å². The van der Waals surface area contributed by atoms with E-state index in [0.29, 0.717) is 17.7 Å². The molecule has 0 fully saturated rings. The molecule has 0 N–H and O–H groups in total. The molecule has 20 heavy (non-hydrogen) atoms. The van der Waals surface area contributed by atoms with Crippen LogP contribution < -0.4 is 4.74 Å². The van der Waals surface area contributed by atoms with Crippen molar-refractivity contribution in [3.05, 3.63) is 54.3 Å². The molecular weight excluding hydrogens is 320 g/mol. The molecule has 3 nitrogen and oxygen atoms in total. The van der Waals surface area contributed by atoms with Gasteiger partial charge in [0.05, 0.1) is 18.0 Å². The number of carbonyl (C=O) groups is 1. The van der Waals surface area contributed by atoms with Crippen molar-refractivity contribution < 1.29 is 14.3 Å². The Hall–Kier alpha value is -1.81. The van der Waals surface area contributed by atoms with E-state index in [1.807, 2.05) is 42.5 Å². The topological polar surface area (TPSA) is 35.5 Å². The van der Waals surface area contributed by atoms with Gasteiger partial charge in [-0.05, 0) is 18.4 Å². The molecule has 0 aliphatic rings. The van der Waals surface area contributed by atoms with E-state index in [0.717, 1.165) is 16.5 Å². The summed E-state index contributed by atoms with van der Waals surface area (Å²) >= 11 is 3.32. The summed E-state index contributed by atoms with van der Waals surface area (Å²) in [5.41, 5.74) is 0. The standard InChI is InChI=1S/C16H15BrO3/c1-2-19-16(18)10-13(11-17)20-15-9-5-7-12-6-3-4-8-14(12)15/h3-10H,2,11H2,1H3/b13-10-. The zero-order chi connectivity index (χ0) is 14.4. The highest BCUT2D eigenvalue weighted by Crippen LogP contribution is 2.27. The third-order valence-corrected chi connectivity index (χ3v) is 3.24. The molecule has 0 aromatic heterocycles. The SMILES string of the molecule is CCOC(=O)/C=C(/CBr)Oc1cccc2ccccc12. The smallest absolute Gasteiger partial charge is 0.334 e. The van der Waals surface area contributed by atoms with Crippen molar-refractivity contribution in [2.24, 2.45) is 0 Å². The van der Waals surface area contributed by atoms with E-state index in [2.05, 4.69) is 15.9 Å². The van der Waals surface area contributed by atoms with Crippen molar-refractivity contribution in [1.29, 1.82) is 0 Å². The second-order valence-corrected chi connectivity index (χ2v) is 4.64. The molecule has 0 radical (unpaired) electrons. The van der Waals surface area contributed by atoms with Crippen molar-refractivity contribution in [3.63, 3.8) is 0 Å². The Bertz CT molecular complexity index is 629. The Balaban J connectivity index is 2.28. The lowest BCUT2D eigenvalue weighted by Crippen LogP contribution is -2.05. The molecule has 0 aliphatic heterocycles. The third kappa shape index (κ3) is 3.61. The van der Waals surface area contributed by atoms with Crippen molar-refractivity contribution in [3.8, 4) is 5.75 Å². The Labute approximate surface area is 126 Å². The van der Waals surface area contributed by atoms with Gasteiger partial charge >= 0.3 is 5.97 Å². The molecular formula is C16H15BrO3. The first kappa shape index (κ1) is 14.6. The molecule has 2 aromatic rings. The molecule has 2 rings (SSSR count). The average molecular weight is 335 g/mol. The minimum Gasteiger partial charge on any atom is -0.463 e. The molecule has 104 valence electrons. The van der Waals surface area contributed by atoms with Gasteiger partial charge < -0.3 is 9.47 Å². The second kappa shape index (κ2) is 7.10. The lowest BCUT2D eigenvalue weighted by atomic mass is 10.1. The summed E-state index contributed by atoms with van der Waals surface area (Å²) in [6.45, 7) is 2.12. The van der Waals surface area contributed by atoms with Crippen LogP contribution in [0.3, 0.4) is 0 Å². The van der Waals surface area contributed by atoms with Gasteiger partial charge in [-0.1, -0.05) is 52.3 Å². The number of halogens is 1. The summed E-state index contributed by atoms with van der Waals surface area (Å²) in [5, 5.41) is 2.54. The molecule has 0 saturated carbocycles. The molecule has 0 unspecified atom stereocenters. The number of benzene rings is 2. The number of fused-ring (bicyclic) bond motifs is 1. The van der Waals surface area contributed by atoms with Gasteiger partial charge in [-0.25, -0.2) is 4.79 Å². The van der Waals surface area contributed by atoms with Crippen LogP contribution in [0, 0.1) is 0 Å². The summed E-state index contributed by atoms with van der Waals surface area (Å²) < 4.78 is 10.7. The predicted octanol–water partition coefficient (Wildman–Crippen LogP) is 4.06. The van der Waals surface area contributed by atoms with Gasteiger partial charge in [0.2, 0.25) is 0 Å². The Morgan fingerprint density at radius 2 is 1.95 bits per heavy atom. The Morgan fingerprint density at radius 3 is 2.70 bits per heavy atom. The zero-order valence-electron chi connectivity index (χ0n) is 11.1. The van der Waals surface area contributed by atoms with E-state index in [1.54, 1.807) is 6.92 Å². The molecule has 0 heterocycles.